The second-order valence-corrected chi connectivity index (χ2v) is 9.80. The van der Waals surface area contributed by atoms with Crippen molar-refractivity contribution >= 4 is 41.3 Å². The number of benzene rings is 1. The summed E-state index contributed by atoms with van der Waals surface area (Å²) in [4.78, 5) is 27.5. The smallest absolute Gasteiger partial charge is 0.310 e. The van der Waals surface area contributed by atoms with Crippen molar-refractivity contribution in [3.8, 4) is 0 Å². The summed E-state index contributed by atoms with van der Waals surface area (Å²) in [5.41, 5.74) is 1.63. The summed E-state index contributed by atoms with van der Waals surface area (Å²) in [7, 11) is 0. The van der Waals surface area contributed by atoms with E-state index in [4.69, 9.17) is 16.3 Å². The van der Waals surface area contributed by atoms with Crippen LogP contribution in [0.2, 0.25) is 5.02 Å². The number of likely N-dealkylation sites (tertiary alicyclic amines) is 1. The predicted octanol–water partition coefficient (Wildman–Crippen LogP) is 5.59. The quantitative estimate of drug-likeness (QED) is 0.402. The van der Waals surface area contributed by atoms with Gasteiger partial charge in [-0.25, -0.2) is 0 Å². The molecule has 0 bridgehead atoms. The minimum absolute atomic E-state index is 0.0206. The Kier molecular flexibility index (Phi) is 9.13. The van der Waals surface area contributed by atoms with Crippen LogP contribution in [0.25, 0.3) is 6.08 Å². The summed E-state index contributed by atoms with van der Waals surface area (Å²) < 4.78 is 5.20. The Balaban J connectivity index is 1.75. The number of hydrogen-bond acceptors (Lipinski definition) is 4. The third kappa shape index (κ3) is 6.52. The topological polar surface area (TPSA) is 46.6 Å². The van der Waals surface area contributed by atoms with E-state index in [1.165, 1.54) is 32.1 Å². The molecule has 0 radical (unpaired) electrons. The SMILES string of the molecule is CCOC(=O)C1CCCN(C(=O)/C(=C/c2ccccc2Cl)CSC2CCCCC2)C1. The van der Waals surface area contributed by atoms with Crippen LogP contribution in [0.15, 0.2) is 29.8 Å². The van der Waals surface area contributed by atoms with Crippen molar-refractivity contribution in [2.45, 2.75) is 57.1 Å². The molecule has 6 heteroatoms. The first-order valence-corrected chi connectivity index (χ1v) is 12.5. The van der Waals surface area contributed by atoms with Crippen molar-refractivity contribution in [2.24, 2.45) is 5.92 Å². The Morgan fingerprint density at radius 3 is 2.67 bits per heavy atom. The molecule has 1 unspecified atom stereocenters. The lowest BCUT2D eigenvalue weighted by molar-refractivity contribution is -0.150. The molecule has 0 spiro atoms. The maximum Gasteiger partial charge on any atom is 0.310 e. The zero-order valence-electron chi connectivity index (χ0n) is 17.8. The molecule has 2 aliphatic rings. The van der Waals surface area contributed by atoms with Crippen LogP contribution in [0.4, 0.5) is 0 Å². The molecule has 1 saturated heterocycles. The highest BCUT2D eigenvalue weighted by molar-refractivity contribution is 8.00. The average molecular weight is 450 g/mol. The zero-order chi connectivity index (χ0) is 21.3. The van der Waals surface area contributed by atoms with Gasteiger partial charge in [-0.05, 0) is 50.3 Å². The summed E-state index contributed by atoms with van der Waals surface area (Å²) in [5.74, 6) is 0.278. The van der Waals surface area contributed by atoms with Gasteiger partial charge in [0, 0.05) is 34.7 Å². The van der Waals surface area contributed by atoms with Crippen LogP contribution in [0, 0.1) is 5.92 Å². The molecule has 1 atom stereocenters. The molecular weight excluding hydrogens is 418 g/mol. The van der Waals surface area contributed by atoms with E-state index in [1.54, 1.807) is 0 Å². The van der Waals surface area contributed by atoms with E-state index in [9.17, 15) is 9.59 Å². The minimum atomic E-state index is -0.227. The van der Waals surface area contributed by atoms with Crippen LogP contribution in [0.5, 0.6) is 0 Å². The molecule has 2 fully saturated rings. The highest BCUT2D eigenvalue weighted by Gasteiger charge is 2.31. The lowest BCUT2D eigenvalue weighted by Crippen LogP contribution is -2.43. The number of halogens is 1. The Morgan fingerprint density at radius 1 is 1.17 bits per heavy atom. The van der Waals surface area contributed by atoms with Crippen molar-refractivity contribution in [3.05, 3.63) is 40.4 Å². The molecule has 4 nitrogen and oxygen atoms in total. The molecule has 3 rings (SSSR count). The van der Waals surface area contributed by atoms with Gasteiger partial charge in [-0.1, -0.05) is 49.1 Å². The van der Waals surface area contributed by atoms with Crippen molar-refractivity contribution < 1.29 is 14.3 Å². The number of nitrogens with zero attached hydrogens (tertiary/aromatic N) is 1. The number of esters is 1. The third-order valence-electron chi connectivity index (χ3n) is 5.86. The normalized spacial score (nSPS) is 20.8. The van der Waals surface area contributed by atoms with E-state index < -0.39 is 0 Å². The highest BCUT2D eigenvalue weighted by Crippen LogP contribution is 2.31. The standard InChI is InChI=1S/C24H32ClNO3S/c1-2-29-24(28)19-10-8-14-26(16-19)23(27)20(15-18-9-6-7-13-22(18)25)17-30-21-11-4-3-5-12-21/h6-7,9,13,15,19,21H,2-5,8,10-12,14,16-17H2,1H3/b20-15+. The van der Waals surface area contributed by atoms with Gasteiger partial charge in [0.25, 0.3) is 5.91 Å². The van der Waals surface area contributed by atoms with Gasteiger partial charge >= 0.3 is 5.97 Å². The van der Waals surface area contributed by atoms with Gasteiger partial charge in [-0.15, -0.1) is 0 Å². The van der Waals surface area contributed by atoms with Gasteiger partial charge < -0.3 is 9.64 Å². The van der Waals surface area contributed by atoms with Crippen LogP contribution in [-0.2, 0) is 14.3 Å². The fourth-order valence-electron chi connectivity index (χ4n) is 4.20. The molecule has 1 aromatic carbocycles. The molecule has 1 heterocycles. The van der Waals surface area contributed by atoms with Crippen LogP contribution < -0.4 is 0 Å². The van der Waals surface area contributed by atoms with Gasteiger partial charge in [-0.2, -0.15) is 11.8 Å². The number of thioether (sulfide) groups is 1. The van der Waals surface area contributed by atoms with E-state index in [0.29, 0.717) is 35.7 Å². The number of piperidine rings is 1. The fourth-order valence-corrected chi connectivity index (χ4v) is 5.68. The molecule has 0 aromatic heterocycles. The maximum atomic E-state index is 13.5. The third-order valence-corrected chi connectivity index (χ3v) is 7.63. The van der Waals surface area contributed by atoms with Gasteiger partial charge in [-0.3, -0.25) is 9.59 Å². The summed E-state index contributed by atoms with van der Waals surface area (Å²) in [6, 6.07) is 7.62. The van der Waals surface area contributed by atoms with Crippen molar-refractivity contribution in [3.63, 3.8) is 0 Å². The molecule has 0 N–H and O–H groups in total. The maximum absolute atomic E-state index is 13.5. The van der Waals surface area contributed by atoms with Crippen molar-refractivity contribution in [1.82, 2.24) is 4.90 Å². The number of carbonyl (C=O) groups excluding carboxylic acids is 2. The van der Waals surface area contributed by atoms with Crippen LogP contribution in [0.1, 0.15) is 57.4 Å². The first kappa shape index (κ1) is 23.2. The molecule has 1 aliphatic heterocycles. The second kappa shape index (κ2) is 11.8. The fraction of sp³-hybridized carbons (Fsp3) is 0.583. The lowest BCUT2D eigenvalue weighted by atomic mass is 9.97. The molecule has 1 saturated carbocycles. The van der Waals surface area contributed by atoms with Crippen molar-refractivity contribution in [2.75, 3.05) is 25.4 Å². The van der Waals surface area contributed by atoms with E-state index in [2.05, 4.69) is 0 Å². The average Bonchev–Trinajstić information content (AvgIpc) is 2.78. The number of amides is 1. The highest BCUT2D eigenvalue weighted by atomic mass is 35.5. The van der Waals surface area contributed by atoms with Gasteiger partial charge in [0.1, 0.15) is 0 Å². The summed E-state index contributed by atoms with van der Waals surface area (Å²) in [6.45, 7) is 3.31. The van der Waals surface area contributed by atoms with Crippen molar-refractivity contribution in [1.29, 1.82) is 0 Å². The lowest BCUT2D eigenvalue weighted by Gasteiger charge is -2.32. The van der Waals surface area contributed by atoms with E-state index in [0.717, 1.165) is 24.0 Å². The molecular formula is C24H32ClNO3S. The number of rotatable bonds is 7. The number of hydrogen-bond donors (Lipinski definition) is 0. The van der Waals surface area contributed by atoms with Crippen LogP contribution in [0.3, 0.4) is 0 Å². The predicted molar refractivity (Wildman–Crippen MR) is 125 cm³/mol. The van der Waals surface area contributed by atoms with E-state index in [1.807, 2.05) is 53.9 Å². The Morgan fingerprint density at radius 2 is 1.93 bits per heavy atom. The van der Waals surface area contributed by atoms with Gasteiger partial charge in [0.05, 0.1) is 12.5 Å². The van der Waals surface area contributed by atoms with Crippen LogP contribution >= 0.6 is 23.4 Å². The summed E-state index contributed by atoms with van der Waals surface area (Å²) in [6.07, 6.45) is 9.88. The largest absolute Gasteiger partial charge is 0.466 e. The van der Waals surface area contributed by atoms with E-state index in [-0.39, 0.29) is 17.8 Å². The molecule has 1 amide bonds. The molecule has 30 heavy (non-hydrogen) atoms. The first-order chi connectivity index (χ1) is 14.6. The Labute approximate surface area is 189 Å². The van der Waals surface area contributed by atoms with Crippen LogP contribution in [-0.4, -0.2) is 47.5 Å². The molecule has 1 aromatic rings. The van der Waals surface area contributed by atoms with Gasteiger partial charge in [0.15, 0.2) is 0 Å². The second-order valence-electron chi connectivity index (χ2n) is 8.10. The molecule has 1 aliphatic carbocycles. The molecule has 164 valence electrons. The Hall–Kier alpha value is -1.46. The summed E-state index contributed by atoms with van der Waals surface area (Å²) in [5, 5.41) is 1.27. The monoisotopic (exact) mass is 449 g/mol. The number of carbonyl (C=O) groups is 2. The zero-order valence-corrected chi connectivity index (χ0v) is 19.4. The van der Waals surface area contributed by atoms with E-state index >= 15 is 0 Å². The van der Waals surface area contributed by atoms with Gasteiger partial charge in [0.2, 0.25) is 0 Å². The Bertz CT molecular complexity index is 761. The number of ether oxygens (including phenoxy) is 1. The minimum Gasteiger partial charge on any atom is -0.466 e. The first-order valence-electron chi connectivity index (χ1n) is 11.1. The summed E-state index contributed by atoms with van der Waals surface area (Å²) >= 11 is 8.26.